The molecule has 1 amide bonds. The van der Waals surface area contributed by atoms with Crippen molar-refractivity contribution in [2.24, 2.45) is 5.92 Å². The van der Waals surface area contributed by atoms with Gasteiger partial charge in [-0.05, 0) is 38.8 Å². The number of carbonyl (C=O) groups is 1. The van der Waals surface area contributed by atoms with Crippen molar-refractivity contribution >= 4 is 5.91 Å². The molecule has 2 N–H and O–H groups in total. The van der Waals surface area contributed by atoms with Gasteiger partial charge in [0.2, 0.25) is 5.91 Å². The third kappa shape index (κ3) is 3.43. The van der Waals surface area contributed by atoms with Gasteiger partial charge in [0.05, 0.1) is 12.1 Å². The average molecular weight is 255 g/mol. The fourth-order valence-electron chi connectivity index (χ4n) is 3.07. The summed E-state index contributed by atoms with van der Waals surface area (Å²) in [5.41, 5.74) is 0. The molecule has 2 rings (SSSR count). The smallest absolute Gasteiger partial charge is 0.239 e. The van der Waals surface area contributed by atoms with Crippen molar-refractivity contribution in [2.45, 2.75) is 31.4 Å². The van der Waals surface area contributed by atoms with Crippen LogP contribution in [0.2, 0.25) is 0 Å². The highest BCUT2D eigenvalue weighted by Gasteiger charge is 2.31. The van der Waals surface area contributed by atoms with Gasteiger partial charge in [0.1, 0.15) is 0 Å². The highest BCUT2D eigenvalue weighted by Crippen LogP contribution is 2.17. The third-order valence-corrected chi connectivity index (χ3v) is 4.04. The Labute approximate surface area is 109 Å². The van der Waals surface area contributed by atoms with Crippen LogP contribution in [-0.2, 0) is 4.79 Å². The number of rotatable bonds is 3. The molecule has 2 aliphatic rings. The van der Waals surface area contributed by atoms with Crippen molar-refractivity contribution in [1.29, 1.82) is 0 Å². The van der Waals surface area contributed by atoms with Crippen LogP contribution in [-0.4, -0.2) is 73.2 Å². The average Bonchev–Trinajstić information content (AvgIpc) is 2.75. The Morgan fingerprint density at radius 3 is 2.94 bits per heavy atom. The Morgan fingerprint density at radius 1 is 1.56 bits per heavy atom. The van der Waals surface area contributed by atoms with E-state index in [1.54, 1.807) is 0 Å². The van der Waals surface area contributed by atoms with Crippen LogP contribution in [0, 0.1) is 5.92 Å². The number of likely N-dealkylation sites (N-methyl/N-ethyl adjacent to an activating group) is 1. The second kappa shape index (κ2) is 5.99. The van der Waals surface area contributed by atoms with Crippen LogP contribution in [0.3, 0.4) is 0 Å². The lowest BCUT2D eigenvalue weighted by Gasteiger charge is -2.33. The van der Waals surface area contributed by atoms with E-state index in [1.807, 2.05) is 11.9 Å². The predicted molar refractivity (Wildman–Crippen MR) is 70.3 cm³/mol. The number of aliphatic hydroxyl groups is 1. The Kier molecular flexibility index (Phi) is 4.59. The molecule has 0 aromatic carbocycles. The van der Waals surface area contributed by atoms with Crippen LogP contribution in [0.4, 0.5) is 0 Å². The van der Waals surface area contributed by atoms with Gasteiger partial charge in [0.15, 0.2) is 0 Å². The molecule has 0 saturated carbocycles. The minimum atomic E-state index is -0.367. The van der Waals surface area contributed by atoms with Crippen LogP contribution in [0.25, 0.3) is 0 Å². The topological polar surface area (TPSA) is 55.8 Å². The zero-order valence-electron chi connectivity index (χ0n) is 11.4. The van der Waals surface area contributed by atoms with Crippen LogP contribution >= 0.6 is 0 Å². The summed E-state index contributed by atoms with van der Waals surface area (Å²) in [7, 11) is 4.02. The van der Waals surface area contributed by atoms with Crippen molar-refractivity contribution in [3.8, 4) is 0 Å². The van der Waals surface area contributed by atoms with Crippen LogP contribution < -0.4 is 5.32 Å². The molecule has 0 aromatic rings. The van der Waals surface area contributed by atoms with Crippen molar-refractivity contribution in [3.05, 3.63) is 0 Å². The van der Waals surface area contributed by atoms with E-state index < -0.39 is 0 Å². The number of carbonyl (C=O) groups excluding carboxylic acids is 1. The number of likely N-dealkylation sites (tertiary alicyclic amines) is 1. The first-order valence-corrected chi connectivity index (χ1v) is 6.91. The molecular formula is C13H25N3O2. The fraction of sp³-hybridized carbons (Fsp3) is 0.923. The SMILES string of the molecule is CN1CCCC(CN(C)C(=O)C2CC(O)CN2)C1. The number of piperidine rings is 1. The molecular weight excluding hydrogens is 230 g/mol. The lowest BCUT2D eigenvalue weighted by Crippen LogP contribution is -2.45. The molecule has 0 aliphatic carbocycles. The van der Waals surface area contributed by atoms with Gasteiger partial charge in [-0.1, -0.05) is 0 Å². The minimum absolute atomic E-state index is 0.125. The van der Waals surface area contributed by atoms with E-state index in [2.05, 4.69) is 17.3 Å². The predicted octanol–water partition coefficient (Wildman–Crippen LogP) is -0.491. The second-order valence-corrected chi connectivity index (χ2v) is 5.84. The maximum absolute atomic E-state index is 12.2. The number of amides is 1. The Bertz CT molecular complexity index is 298. The van der Waals surface area contributed by atoms with Crippen LogP contribution in [0.15, 0.2) is 0 Å². The van der Waals surface area contributed by atoms with Gasteiger partial charge in [0.25, 0.3) is 0 Å². The first kappa shape index (κ1) is 13.8. The molecule has 5 heteroatoms. The van der Waals surface area contributed by atoms with E-state index >= 15 is 0 Å². The molecule has 2 heterocycles. The number of β-amino-alcohol motifs (C(OH)–C–C–N with tert-alkyl or cyclic N) is 1. The molecule has 0 bridgehead atoms. The maximum Gasteiger partial charge on any atom is 0.239 e. The van der Waals surface area contributed by atoms with Gasteiger partial charge in [0, 0.05) is 26.7 Å². The lowest BCUT2D eigenvalue weighted by molar-refractivity contribution is -0.132. The molecule has 104 valence electrons. The van der Waals surface area contributed by atoms with E-state index in [4.69, 9.17) is 0 Å². The summed E-state index contributed by atoms with van der Waals surface area (Å²) in [5, 5.41) is 12.5. The van der Waals surface area contributed by atoms with Gasteiger partial charge < -0.3 is 20.2 Å². The summed E-state index contributed by atoms with van der Waals surface area (Å²) in [6.07, 6.45) is 2.62. The maximum atomic E-state index is 12.2. The molecule has 3 atom stereocenters. The lowest BCUT2D eigenvalue weighted by atomic mass is 9.98. The summed E-state index contributed by atoms with van der Waals surface area (Å²) in [6.45, 7) is 3.62. The van der Waals surface area contributed by atoms with Crippen LogP contribution in [0.5, 0.6) is 0 Å². The van der Waals surface area contributed by atoms with Gasteiger partial charge in [-0.2, -0.15) is 0 Å². The Balaban J connectivity index is 1.79. The van der Waals surface area contributed by atoms with E-state index in [-0.39, 0.29) is 18.1 Å². The normalized spacial score (nSPS) is 33.6. The van der Waals surface area contributed by atoms with E-state index in [0.29, 0.717) is 18.9 Å². The summed E-state index contributed by atoms with van der Waals surface area (Å²) in [5.74, 6) is 0.712. The number of aliphatic hydroxyl groups excluding tert-OH is 1. The van der Waals surface area contributed by atoms with E-state index in [9.17, 15) is 9.90 Å². The first-order chi connectivity index (χ1) is 8.56. The molecule has 0 aromatic heterocycles. The molecule has 18 heavy (non-hydrogen) atoms. The standard InChI is InChI=1S/C13H25N3O2/c1-15-5-3-4-10(8-15)9-16(2)13(18)12-6-11(17)7-14-12/h10-12,14,17H,3-9H2,1-2H3. The number of nitrogens with one attached hydrogen (secondary N) is 1. The highest BCUT2D eigenvalue weighted by molar-refractivity contribution is 5.82. The molecule has 2 saturated heterocycles. The van der Waals surface area contributed by atoms with Crippen molar-refractivity contribution in [1.82, 2.24) is 15.1 Å². The van der Waals surface area contributed by atoms with Crippen molar-refractivity contribution in [2.75, 3.05) is 40.3 Å². The Morgan fingerprint density at radius 2 is 2.33 bits per heavy atom. The molecule has 0 radical (unpaired) electrons. The van der Waals surface area contributed by atoms with Crippen molar-refractivity contribution < 1.29 is 9.90 Å². The molecule has 0 spiro atoms. The van der Waals surface area contributed by atoms with Crippen LogP contribution in [0.1, 0.15) is 19.3 Å². The number of nitrogens with zero attached hydrogens (tertiary/aromatic N) is 2. The number of hydrogen-bond donors (Lipinski definition) is 2. The number of hydrogen-bond acceptors (Lipinski definition) is 4. The summed E-state index contributed by atoms with van der Waals surface area (Å²) in [4.78, 5) is 16.4. The van der Waals surface area contributed by atoms with Crippen molar-refractivity contribution in [3.63, 3.8) is 0 Å². The first-order valence-electron chi connectivity index (χ1n) is 6.91. The molecule has 5 nitrogen and oxygen atoms in total. The van der Waals surface area contributed by atoms with Gasteiger partial charge in [-0.15, -0.1) is 0 Å². The molecule has 3 unspecified atom stereocenters. The second-order valence-electron chi connectivity index (χ2n) is 5.84. The Hall–Kier alpha value is -0.650. The zero-order chi connectivity index (χ0) is 13.1. The quantitative estimate of drug-likeness (QED) is 0.714. The third-order valence-electron chi connectivity index (χ3n) is 4.04. The van der Waals surface area contributed by atoms with E-state index in [1.165, 1.54) is 19.4 Å². The fourth-order valence-corrected chi connectivity index (χ4v) is 3.07. The zero-order valence-corrected chi connectivity index (χ0v) is 11.4. The van der Waals surface area contributed by atoms with Gasteiger partial charge in [-0.3, -0.25) is 4.79 Å². The van der Waals surface area contributed by atoms with Gasteiger partial charge in [-0.25, -0.2) is 0 Å². The molecule has 2 aliphatic heterocycles. The monoisotopic (exact) mass is 255 g/mol. The summed E-state index contributed by atoms with van der Waals surface area (Å²) < 4.78 is 0. The largest absolute Gasteiger partial charge is 0.392 e. The van der Waals surface area contributed by atoms with Gasteiger partial charge >= 0.3 is 0 Å². The highest BCUT2D eigenvalue weighted by atomic mass is 16.3. The summed E-state index contributed by atoms with van der Waals surface area (Å²) in [6, 6.07) is -0.189. The molecule has 2 fully saturated rings. The van der Waals surface area contributed by atoms with E-state index in [0.717, 1.165) is 13.1 Å². The minimum Gasteiger partial charge on any atom is -0.392 e. The summed E-state index contributed by atoms with van der Waals surface area (Å²) >= 11 is 0.